The topological polar surface area (TPSA) is 69.0 Å². The molecule has 3 rings (SSSR count). The maximum Gasteiger partial charge on any atom is 0.278 e. The van der Waals surface area contributed by atoms with Crippen LogP contribution in [0, 0.1) is 20.8 Å². The molecule has 6 heteroatoms. The minimum Gasteiger partial charge on any atom is -0.497 e. The molecule has 0 aliphatic heterocycles. The predicted molar refractivity (Wildman–Crippen MR) is 96.5 cm³/mol. The fraction of sp³-hybridized carbons (Fsp3) is 0.211. The maximum absolute atomic E-state index is 12.5. The number of ether oxygens (including phenoxy) is 1. The molecule has 128 valence electrons. The van der Waals surface area contributed by atoms with Crippen LogP contribution in [-0.4, -0.2) is 28.0 Å². The molecule has 6 nitrogen and oxygen atoms in total. The second kappa shape index (κ2) is 6.76. The number of hydrogen-bond donors (Lipinski definition) is 1. The van der Waals surface area contributed by atoms with Crippen molar-refractivity contribution < 1.29 is 9.53 Å². The highest BCUT2D eigenvalue weighted by atomic mass is 16.5. The van der Waals surface area contributed by atoms with Gasteiger partial charge in [-0.25, -0.2) is 4.68 Å². The number of benzene rings is 2. The SMILES string of the molecule is COc1cccc(NC(=O)c2nnn(-c3ccc(C)c(C)c3)c2C)c1. The average molecular weight is 336 g/mol. The minimum atomic E-state index is -0.305. The lowest BCUT2D eigenvalue weighted by molar-refractivity contribution is 0.102. The van der Waals surface area contributed by atoms with Crippen LogP contribution in [0.1, 0.15) is 27.3 Å². The molecular formula is C19H20N4O2. The fourth-order valence-electron chi connectivity index (χ4n) is 2.53. The molecule has 25 heavy (non-hydrogen) atoms. The van der Waals surface area contributed by atoms with E-state index in [1.165, 1.54) is 5.56 Å². The molecule has 0 fully saturated rings. The summed E-state index contributed by atoms with van der Waals surface area (Å²) in [6.45, 7) is 5.93. The summed E-state index contributed by atoms with van der Waals surface area (Å²) in [7, 11) is 1.58. The fourth-order valence-corrected chi connectivity index (χ4v) is 2.53. The summed E-state index contributed by atoms with van der Waals surface area (Å²) in [4.78, 5) is 12.5. The summed E-state index contributed by atoms with van der Waals surface area (Å²) in [5.41, 5.74) is 4.87. The number of rotatable bonds is 4. The molecule has 0 atom stereocenters. The predicted octanol–water partition coefficient (Wildman–Crippen LogP) is 3.45. The maximum atomic E-state index is 12.5. The first-order valence-corrected chi connectivity index (χ1v) is 7.95. The molecule has 0 aliphatic rings. The van der Waals surface area contributed by atoms with Crippen LogP contribution in [0.15, 0.2) is 42.5 Å². The van der Waals surface area contributed by atoms with E-state index in [9.17, 15) is 4.79 Å². The van der Waals surface area contributed by atoms with Gasteiger partial charge in [0.2, 0.25) is 0 Å². The van der Waals surface area contributed by atoms with Crippen molar-refractivity contribution in [2.45, 2.75) is 20.8 Å². The van der Waals surface area contributed by atoms with Crippen molar-refractivity contribution in [3.05, 3.63) is 65.0 Å². The molecule has 0 bridgehead atoms. The molecule has 0 unspecified atom stereocenters. The third kappa shape index (κ3) is 3.38. The van der Waals surface area contributed by atoms with Crippen LogP contribution in [0.2, 0.25) is 0 Å². The Labute approximate surface area is 146 Å². The molecule has 0 aliphatic carbocycles. The van der Waals surface area contributed by atoms with Crippen molar-refractivity contribution in [2.24, 2.45) is 0 Å². The lowest BCUT2D eigenvalue weighted by Gasteiger charge is -2.08. The third-order valence-corrected chi connectivity index (χ3v) is 4.17. The van der Waals surface area contributed by atoms with Crippen LogP contribution < -0.4 is 10.1 Å². The Balaban J connectivity index is 1.87. The van der Waals surface area contributed by atoms with Crippen molar-refractivity contribution >= 4 is 11.6 Å². The van der Waals surface area contributed by atoms with Crippen LogP contribution in [0.25, 0.3) is 5.69 Å². The Morgan fingerprint density at radius 1 is 1.08 bits per heavy atom. The van der Waals surface area contributed by atoms with Crippen molar-refractivity contribution in [1.29, 1.82) is 0 Å². The van der Waals surface area contributed by atoms with Gasteiger partial charge < -0.3 is 10.1 Å². The zero-order valence-electron chi connectivity index (χ0n) is 14.7. The summed E-state index contributed by atoms with van der Waals surface area (Å²) < 4.78 is 6.84. The first kappa shape index (κ1) is 16.7. The number of aromatic nitrogens is 3. The third-order valence-electron chi connectivity index (χ3n) is 4.17. The average Bonchev–Trinajstić information content (AvgIpc) is 2.99. The molecule has 0 saturated carbocycles. The van der Waals surface area contributed by atoms with E-state index < -0.39 is 0 Å². The molecular weight excluding hydrogens is 316 g/mol. The quantitative estimate of drug-likeness (QED) is 0.792. The number of hydrogen-bond acceptors (Lipinski definition) is 4. The van der Waals surface area contributed by atoms with Crippen LogP contribution in [0.5, 0.6) is 5.75 Å². The normalized spacial score (nSPS) is 10.6. The first-order valence-electron chi connectivity index (χ1n) is 7.95. The van der Waals surface area contributed by atoms with E-state index in [4.69, 9.17) is 4.74 Å². The van der Waals surface area contributed by atoms with E-state index in [-0.39, 0.29) is 5.91 Å². The molecule has 1 aromatic heterocycles. The highest BCUT2D eigenvalue weighted by molar-refractivity contribution is 6.03. The molecule has 0 saturated heterocycles. The van der Waals surface area contributed by atoms with E-state index >= 15 is 0 Å². The van der Waals surface area contributed by atoms with Crippen LogP contribution in [0.4, 0.5) is 5.69 Å². The standard InChI is InChI=1S/C19H20N4O2/c1-12-8-9-16(10-13(12)2)23-14(3)18(21-22-23)19(24)20-15-6-5-7-17(11-15)25-4/h5-11H,1-4H3,(H,20,24). The van der Waals surface area contributed by atoms with Gasteiger partial charge in [-0.1, -0.05) is 17.3 Å². The number of nitrogens with zero attached hydrogens (tertiary/aromatic N) is 3. The van der Waals surface area contributed by atoms with Crippen molar-refractivity contribution in [3.63, 3.8) is 0 Å². The van der Waals surface area contributed by atoms with Crippen LogP contribution in [0.3, 0.4) is 0 Å². The van der Waals surface area contributed by atoms with E-state index in [0.29, 0.717) is 22.8 Å². The monoisotopic (exact) mass is 336 g/mol. The van der Waals surface area contributed by atoms with Gasteiger partial charge in [-0.15, -0.1) is 5.10 Å². The molecule has 1 heterocycles. The van der Waals surface area contributed by atoms with Gasteiger partial charge in [0.25, 0.3) is 5.91 Å². The second-order valence-electron chi connectivity index (χ2n) is 5.89. The van der Waals surface area contributed by atoms with E-state index in [2.05, 4.69) is 22.6 Å². The van der Waals surface area contributed by atoms with Gasteiger partial charge in [0.05, 0.1) is 18.5 Å². The van der Waals surface area contributed by atoms with E-state index in [0.717, 1.165) is 11.3 Å². The van der Waals surface area contributed by atoms with Gasteiger partial charge in [-0.05, 0) is 56.2 Å². The Kier molecular flexibility index (Phi) is 4.52. The molecule has 1 N–H and O–H groups in total. The number of aryl methyl sites for hydroxylation is 2. The number of nitrogens with one attached hydrogen (secondary N) is 1. The Hall–Kier alpha value is -3.15. The van der Waals surface area contributed by atoms with Crippen molar-refractivity contribution in [2.75, 3.05) is 12.4 Å². The Morgan fingerprint density at radius 3 is 2.60 bits per heavy atom. The molecule has 0 radical (unpaired) electrons. The molecule has 2 aromatic carbocycles. The smallest absolute Gasteiger partial charge is 0.278 e. The Morgan fingerprint density at radius 2 is 1.88 bits per heavy atom. The van der Waals surface area contributed by atoms with E-state index in [1.54, 1.807) is 23.9 Å². The summed E-state index contributed by atoms with van der Waals surface area (Å²) in [6, 6.07) is 13.2. The molecule has 3 aromatic rings. The lowest BCUT2D eigenvalue weighted by atomic mass is 10.1. The van der Waals surface area contributed by atoms with Gasteiger partial charge in [0.1, 0.15) is 5.75 Å². The Bertz CT molecular complexity index is 931. The number of carbonyl (C=O) groups is 1. The van der Waals surface area contributed by atoms with Crippen LogP contribution >= 0.6 is 0 Å². The van der Waals surface area contributed by atoms with Gasteiger partial charge in [0, 0.05) is 11.8 Å². The summed E-state index contributed by atoms with van der Waals surface area (Å²) in [6.07, 6.45) is 0. The second-order valence-corrected chi connectivity index (χ2v) is 5.89. The molecule has 0 spiro atoms. The summed E-state index contributed by atoms with van der Waals surface area (Å²) >= 11 is 0. The number of carbonyl (C=O) groups excluding carboxylic acids is 1. The minimum absolute atomic E-state index is 0.293. The number of amides is 1. The van der Waals surface area contributed by atoms with Crippen LogP contribution in [-0.2, 0) is 0 Å². The highest BCUT2D eigenvalue weighted by Gasteiger charge is 2.18. The zero-order valence-corrected chi connectivity index (χ0v) is 14.7. The molecule has 1 amide bonds. The number of anilines is 1. The zero-order chi connectivity index (χ0) is 18.0. The summed E-state index contributed by atoms with van der Waals surface area (Å²) in [5, 5.41) is 11.0. The van der Waals surface area contributed by atoms with Crippen molar-refractivity contribution in [1.82, 2.24) is 15.0 Å². The first-order chi connectivity index (χ1) is 12.0. The van der Waals surface area contributed by atoms with Crippen molar-refractivity contribution in [3.8, 4) is 11.4 Å². The lowest BCUT2D eigenvalue weighted by Crippen LogP contribution is -2.14. The number of methoxy groups -OCH3 is 1. The van der Waals surface area contributed by atoms with E-state index in [1.807, 2.05) is 44.2 Å². The van der Waals surface area contributed by atoms with Gasteiger partial charge >= 0.3 is 0 Å². The highest BCUT2D eigenvalue weighted by Crippen LogP contribution is 2.19. The van der Waals surface area contributed by atoms with Gasteiger partial charge in [0.15, 0.2) is 5.69 Å². The summed E-state index contributed by atoms with van der Waals surface area (Å²) in [5.74, 6) is 0.370. The van der Waals surface area contributed by atoms with Gasteiger partial charge in [-0.2, -0.15) is 0 Å². The van der Waals surface area contributed by atoms with Gasteiger partial charge in [-0.3, -0.25) is 4.79 Å². The largest absolute Gasteiger partial charge is 0.497 e.